The number of halogens is 3. The van der Waals surface area contributed by atoms with Gasteiger partial charge < -0.3 is 10.6 Å². The SMILES string of the molecule is Cc1ccc(C)c2c1=CC(CCNC(=S)Nc1cccc(C(F)(F)F)c1)C(=O)N=2. The van der Waals surface area contributed by atoms with Crippen molar-refractivity contribution < 1.29 is 18.0 Å². The number of hydrogen-bond acceptors (Lipinski definition) is 2. The summed E-state index contributed by atoms with van der Waals surface area (Å²) in [4.78, 5) is 16.6. The van der Waals surface area contributed by atoms with Gasteiger partial charge in [0.1, 0.15) is 0 Å². The molecular weight excluding hydrogens is 399 g/mol. The van der Waals surface area contributed by atoms with Gasteiger partial charge in [0.2, 0.25) is 0 Å². The van der Waals surface area contributed by atoms with Crippen LogP contribution in [-0.2, 0) is 11.0 Å². The van der Waals surface area contributed by atoms with E-state index in [1.54, 1.807) is 0 Å². The molecule has 0 saturated heterocycles. The number of nitrogens with one attached hydrogen (secondary N) is 2. The van der Waals surface area contributed by atoms with Gasteiger partial charge in [-0.1, -0.05) is 24.3 Å². The summed E-state index contributed by atoms with van der Waals surface area (Å²) in [6.07, 6.45) is -2.02. The van der Waals surface area contributed by atoms with Crippen LogP contribution in [-0.4, -0.2) is 17.6 Å². The van der Waals surface area contributed by atoms with Crippen LogP contribution in [0.5, 0.6) is 0 Å². The molecule has 0 bridgehead atoms. The molecule has 2 aromatic rings. The summed E-state index contributed by atoms with van der Waals surface area (Å²) in [5.74, 6) is -0.573. The molecule has 1 unspecified atom stereocenters. The topological polar surface area (TPSA) is 53.5 Å². The van der Waals surface area contributed by atoms with Gasteiger partial charge in [0.25, 0.3) is 5.91 Å². The van der Waals surface area contributed by atoms with Crippen molar-refractivity contribution in [1.29, 1.82) is 0 Å². The number of fused-ring (bicyclic) bond motifs is 1. The highest BCUT2D eigenvalue weighted by molar-refractivity contribution is 7.80. The largest absolute Gasteiger partial charge is 0.416 e. The van der Waals surface area contributed by atoms with Crippen molar-refractivity contribution in [3.8, 4) is 0 Å². The first-order chi connectivity index (χ1) is 13.6. The number of nitrogens with zero attached hydrogens (tertiary/aromatic N) is 1. The maximum atomic E-state index is 12.8. The smallest absolute Gasteiger partial charge is 0.362 e. The predicted octanol–water partition coefficient (Wildman–Crippen LogP) is 3.26. The van der Waals surface area contributed by atoms with Gasteiger partial charge in [0, 0.05) is 17.5 Å². The fourth-order valence-electron chi connectivity index (χ4n) is 3.14. The summed E-state index contributed by atoms with van der Waals surface area (Å²) in [5, 5.41) is 7.56. The molecule has 29 heavy (non-hydrogen) atoms. The molecule has 0 aromatic heterocycles. The van der Waals surface area contributed by atoms with E-state index < -0.39 is 11.7 Å². The van der Waals surface area contributed by atoms with Crippen LogP contribution in [0.15, 0.2) is 41.4 Å². The van der Waals surface area contributed by atoms with E-state index in [4.69, 9.17) is 12.2 Å². The quantitative estimate of drug-likeness (QED) is 0.747. The highest BCUT2D eigenvalue weighted by atomic mass is 32.1. The number of alkyl halides is 3. The normalized spacial score (nSPS) is 15.8. The van der Waals surface area contributed by atoms with Crippen molar-refractivity contribution in [2.24, 2.45) is 10.9 Å². The maximum Gasteiger partial charge on any atom is 0.416 e. The van der Waals surface area contributed by atoms with E-state index in [0.29, 0.717) is 13.0 Å². The van der Waals surface area contributed by atoms with Crippen molar-refractivity contribution in [3.63, 3.8) is 0 Å². The molecule has 1 amide bonds. The van der Waals surface area contributed by atoms with Crippen LogP contribution in [0, 0.1) is 19.8 Å². The number of thiocarbonyl (C=S) groups is 1. The first-order valence-corrected chi connectivity index (χ1v) is 9.49. The molecule has 1 aliphatic heterocycles. The predicted molar refractivity (Wildman–Crippen MR) is 110 cm³/mol. The standard InChI is InChI=1S/C21H20F3N3OS/c1-12-6-7-13(2)18-17(12)10-14(19(28)27-18)8-9-25-20(29)26-16-5-3-4-15(11-16)21(22,23)24/h3-7,10-11,14H,8-9H2,1-2H3,(H2,25,26,29). The van der Waals surface area contributed by atoms with E-state index in [0.717, 1.165) is 33.8 Å². The van der Waals surface area contributed by atoms with Gasteiger partial charge in [0.05, 0.1) is 16.8 Å². The molecule has 4 nitrogen and oxygen atoms in total. The molecule has 0 saturated carbocycles. The van der Waals surface area contributed by atoms with Crippen molar-refractivity contribution >= 4 is 35.0 Å². The minimum absolute atomic E-state index is 0.192. The third kappa shape index (κ3) is 5.00. The summed E-state index contributed by atoms with van der Waals surface area (Å²) >= 11 is 5.15. The van der Waals surface area contributed by atoms with Crippen molar-refractivity contribution in [1.82, 2.24) is 5.32 Å². The van der Waals surface area contributed by atoms with Crippen molar-refractivity contribution in [2.45, 2.75) is 26.4 Å². The zero-order chi connectivity index (χ0) is 21.2. The Morgan fingerprint density at radius 2 is 1.90 bits per heavy atom. The number of carbonyl (C=O) groups excluding carboxylic acids is 1. The second-order valence-electron chi connectivity index (χ2n) is 6.93. The Morgan fingerprint density at radius 1 is 1.17 bits per heavy atom. The van der Waals surface area contributed by atoms with E-state index in [9.17, 15) is 18.0 Å². The lowest BCUT2D eigenvalue weighted by Gasteiger charge is -2.16. The van der Waals surface area contributed by atoms with Crippen molar-refractivity contribution in [2.75, 3.05) is 11.9 Å². The van der Waals surface area contributed by atoms with Gasteiger partial charge in [-0.2, -0.15) is 13.2 Å². The molecule has 3 rings (SSSR count). The second-order valence-corrected chi connectivity index (χ2v) is 7.34. The van der Waals surface area contributed by atoms with Crippen LogP contribution in [0.2, 0.25) is 0 Å². The third-order valence-electron chi connectivity index (χ3n) is 4.73. The van der Waals surface area contributed by atoms with E-state index in [1.807, 2.05) is 32.1 Å². The summed E-state index contributed by atoms with van der Waals surface area (Å²) in [6.45, 7) is 4.28. The zero-order valence-electron chi connectivity index (χ0n) is 15.9. The van der Waals surface area contributed by atoms with E-state index >= 15 is 0 Å². The average molecular weight is 419 g/mol. The molecule has 1 atom stereocenters. The monoisotopic (exact) mass is 419 g/mol. The lowest BCUT2D eigenvalue weighted by Crippen LogP contribution is -2.38. The van der Waals surface area contributed by atoms with Crippen LogP contribution in [0.3, 0.4) is 0 Å². The molecular formula is C21H20F3N3OS. The molecule has 1 heterocycles. The summed E-state index contributed by atoms with van der Waals surface area (Å²) in [5.41, 5.74) is 1.51. The number of hydrogen-bond donors (Lipinski definition) is 2. The van der Waals surface area contributed by atoms with E-state index in [1.165, 1.54) is 12.1 Å². The molecule has 1 aliphatic rings. The minimum Gasteiger partial charge on any atom is -0.362 e. The van der Waals surface area contributed by atoms with Gasteiger partial charge in [-0.15, -0.1) is 0 Å². The summed E-state index contributed by atoms with van der Waals surface area (Å²) in [7, 11) is 0. The fourth-order valence-corrected chi connectivity index (χ4v) is 3.36. The maximum absolute atomic E-state index is 12.8. The van der Waals surface area contributed by atoms with Crippen LogP contribution in [0.1, 0.15) is 23.1 Å². The first-order valence-electron chi connectivity index (χ1n) is 9.08. The Morgan fingerprint density at radius 3 is 2.62 bits per heavy atom. The zero-order valence-corrected chi connectivity index (χ0v) is 16.7. The van der Waals surface area contributed by atoms with Gasteiger partial charge in [-0.3, -0.25) is 4.79 Å². The lowest BCUT2D eigenvalue weighted by molar-refractivity contribution is -0.137. The average Bonchev–Trinajstić information content (AvgIpc) is 2.65. The van der Waals surface area contributed by atoms with Crippen LogP contribution >= 0.6 is 12.2 Å². The van der Waals surface area contributed by atoms with Gasteiger partial charge in [0.15, 0.2) is 5.11 Å². The van der Waals surface area contributed by atoms with Crippen molar-refractivity contribution in [3.05, 3.63) is 63.7 Å². The minimum atomic E-state index is -4.42. The number of benzene rings is 2. The first kappa shape index (κ1) is 21.0. The number of anilines is 1. The second kappa shape index (κ2) is 8.32. The Labute approximate surface area is 171 Å². The lowest BCUT2D eigenvalue weighted by atomic mass is 9.97. The molecule has 2 aromatic carbocycles. The fraction of sp³-hybridized carbons (Fsp3) is 0.286. The third-order valence-corrected chi connectivity index (χ3v) is 4.98. The number of carbonyl (C=O) groups is 1. The Kier molecular flexibility index (Phi) is 6.02. The number of rotatable bonds is 4. The summed E-state index contributed by atoms with van der Waals surface area (Å²) < 4.78 is 38.4. The Hall–Kier alpha value is -2.74. The highest BCUT2D eigenvalue weighted by Crippen LogP contribution is 2.30. The molecule has 0 aliphatic carbocycles. The van der Waals surface area contributed by atoms with Gasteiger partial charge >= 0.3 is 6.18 Å². The van der Waals surface area contributed by atoms with Gasteiger partial charge in [-0.05, 0) is 61.8 Å². The van der Waals surface area contributed by atoms with Crippen LogP contribution in [0.4, 0.5) is 18.9 Å². The molecule has 8 heteroatoms. The van der Waals surface area contributed by atoms with E-state index in [2.05, 4.69) is 15.6 Å². The molecule has 0 radical (unpaired) electrons. The van der Waals surface area contributed by atoms with Crippen LogP contribution in [0.25, 0.3) is 6.08 Å². The Balaban J connectivity index is 1.60. The van der Waals surface area contributed by atoms with Crippen LogP contribution < -0.4 is 21.2 Å². The van der Waals surface area contributed by atoms with E-state index in [-0.39, 0.29) is 22.6 Å². The summed E-state index contributed by atoms with van der Waals surface area (Å²) in [6, 6.07) is 8.75. The molecule has 2 N–H and O–H groups in total. The highest BCUT2D eigenvalue weighted by Gasteiger charge is 2.30. The van der Waals surface area contributed by atoms with Gasteiger partial charge in [-0.25, -0.2) is 4.99 Å². The Bertz CT molecular complexity index is 1080. The number of amides is 1. The molecule has 152 valence electrons. The number of aryl methyl sites for hydroxylation is 2. The molecule has 0 fully saturated rings. The molecule has 0 spiro atoms.